The summed E-state index contributed by atoms with van der Waals surface area (Å²) < 4.78 is 0. The van der Waals surface area contributed by atoms with Crippen LogP contribution >= 0.6 is 11.3 Å². The van der Waals surface area contributed by atoms with E-state index in [2.05, 4.69) is 36.6 Å². The largest absolute Gasteiger partial charge is 0.353 e. The zero-order valence-corrected chi connectivity index (χ0v) is 13.7. The second kappa shape index (κ2) is 5.13. The van der Waals surface area contributed by atoms with Gasteiger partial charge < -0.3 is 10.6 Å². The second-order valence-corrected chi connectivity index (χ2v) is 7.57. The van der Waals surface area contributed by atoms with Gasteiger partial charge in [0.2, 0.25) is 0 Å². The first kappa shape index (κ1) is 13.8. The van der Waals surface area contributed by atoms with Gasteiger partial charge in [0, 0.05) is 4.88 Å². The Morgan fingerprint density at radius 3 is 2.86 bits per heavy atom. The van der Waals surface area contributed by atoms with E-state index in [-0.39, 0.29) is 12.1 Å². The van der Waals surface area contributed by atoms with E-state index in [4.69, 9.17) is 0 Å². The Bertz CT molecular complexity index is 750. The van der Waals surface area contributed by atoms with E-state index in [1.807, 2.05) is 12.1 Å². The molecule has 114 valence electrons. The van der Waals surface area contributed by atoms with Gasteiger partial charge in [-0.05, 0) is 48.8 Å². The average molecular weight is 312 g/mol. The molecule has 0 bridgehead atoms. The van der Waals surface area contributed by atoms with E-state index in [9.17, 15) is 4.79 Å². The Labute approximate surface area is 134 Å². The number of anilines is 1. The summed E-state index contributed by atoms with van der Waals surface area (Å²) in [6, 6.07) is 8.21. The maximum absolute atomic E-state index is 12.7. The topological polar surface area (TPSA) is 41.1 Å². The lowest BCUT2D eigenvalue weighted by Crippen LogP contribution is -2.38. The predicted molar refractivity (Wildman–Crippen MR) is 90.5 cm³/mol. The van der Waals surface area contributed by atoms with Gasteiger partial charge in [0.05, 0.1) is 5.56 Å². The maximum atomic E-state index is 12.7. The van der Waals surface area contributed by atoms with Crippen LogP contribution in [0.15, 0.2) is 24.3 Å². The van der Waals surface area contributed by atoms with E-state index in [0.29, 0.717) is 0 Å². The monoisotopic (exact) mass is 312 g/mol. The van der Waals surface area contributed by atoms with Crippen LogP contribution in [0.5, 0.6) is 0 Å². The van der Waals surface area contributed by atoms with Gasteiger partial charge in [-0.1, -0.05) is 31.2 Å². The number of hydrogen-bond acceptors (Lipinski definition) is 3. The van der Waals surface area contributed by atoms with Crippen LogP contribution in [-0.4, -0.2) is 5.91 Å². The fourth-order valence-electron chi connectivity index (χ4n) is 3.53. The van der Waals surface area contributed by atoms with E-state index in [1.165, 1.54) is 22.4 Å². The van der Waals surface area contributed by atoms with Crippen LogP contribution < -0.4 is 10.6 Å². The zero-order valence-electron chi connectivity index (χ0n) is 12.9. The number of aryl methyl sites for hydroxylation is 1. The normalized spacial score (nSPS) is 23.3. The molecule has 2 atom stereocenters. The summed E-state index contributed by atoms with van der Waals surface area (Å²) in [5, 5.41) is 7.73. The fraction of sp³-hybridized carbons (Fsp3) is 0.389. The van der Waals surface area contributed by atoms with Crippen LogP contribution in [0.25, 0.3) is 0 Å². The Balaban J connectivity index is 1.73. The molecule has 1 aliphatic carbocycles. The molecular weight excluding hydrogens is 292 g/mol. The number of amides is 1. The summed E-state index contributed by atoms with van der Waals surface area (Å²) in [5.41, 5.74) is 4.52. The highest BCUT2D eigenvalue weighted by atomic mass is 32.1. The number of rotatable bonds is 1. The summed E-state index contributed by atoms with van der Waals surface area (Å²) >= 11 is 1.78. The molecule has 2 N–H and O–H groups in total. The van der Waals surface area contributed by atoms with Gasteiger partial charge >= 0.3 is 0 Å². The first-order valence-corrected chi connectivity index (χ1v) is 8.72. The van der Waals surface area contributed by atoms with Crippen molar-refractivity contribution in [2.45, 2.75) is 39.3 Å². The van der Waals surface area contributed by atoms with Crippen LogP contribution in [0.2, 0.25) is 0 Å². The summed E-state index contributed by atoms with van der Waals surface area (Å²) in [4.78, 5) is 14.1. The number of thiophene rings is 1. The predicted octanol–water partition coefficient (Wildman–Crippen LogP) is 4.04. The van der Waals surface area contributed by atoms with Gasteiger partial charge in [-0.2, -0.15) is 0 Å². The van der Waals surface area contributed by atoms with Crippen molar-refractivity contribution in [3.8, 4) is 0 Å². The minimum absolute atomic E-state index is 0.0778. The van der Waals surface area contributed by atoms with Gasteiger partial charge in [0.15, 0.2) is 0 Å². The van der Waals surface area contributed by atoms with Crippen LogP contribution in [0.3, 0.4) is 0 Å². The summed E-state index contributed by atoms with van der Waals surface area (Å²) in [6.07, 6.45) is 3.20. The maximum Gasteiger partial charge on any atom is 0.256 e. The van der Waals surface area contributed by atoms with Crippen molar-refractivity contribution in [1.29, 1.82) is 0 Å². The van der Waals surface area contributed by atoms with Crippen molar-refractivity contribution >= 4 is 22.2 Å². The molecule has 3 nitrogen and oxygen atoms in total. The minimum atomic E-state index is -0.126. The summed E-state index contributed by atoms with van der Waals surface area (Å²) in [7, 11) is 0. The van der Waals surface area contributed by atoms with Crippen molar-refractivity contribution in [3.05, 3.63) is 51.4 Å². The highest BCUT2D eigenvalue weighted by Crippen LogP contribution is 2.42. The molecule has 2 aromatic rings. The average Bonchev–Trinajstić information content (AvgIpc) is 2.85. The van der Waals surface area contributed by atoms with Crippen molar-refractivity contribution in [2.24, 2.45) is 5.92 Å². The van der Waals surface area contributed by atoms with Gasteiger partial charge in [-0.3, -0.25) is 4.79 Å². The molecule has 2 aliphatic rings. The second-order valence-electron chi connectivity index (χ2n) is 6.46. The van der Waals surface area contributed by atoms with E-state index in [0.717, 1.165) is 34.9 Å². The smallest absolute Gasteiger partial charge is 0.256 e. The number of hydrogen-bond donors (Lipinski definition) is 2. The van der Waals surface area contributed by atoms with E-state index < -0.39 is 0 Å². The van der Waals surface area contributed by atoms with Gasteiger partial charge in [0.1, 0.15) is 11.2 Å². The summed E-state index contributed by atoms with van der Waals surface area (Å²) in [5.74, 6) is 0.803. The molecule has 1 aromatic carbocycles. The number of carbonyl (C=O) groups excluding carboxylic acids is 1. The quantitative estimate of drug-likeness (QED) is 0.834. The SMILES string of the molecule is Cc1ccccc1[C@H]1NC(=O)c2c(sc3c2CC[C@H](C)C3)N1. The van der Waals surface area contributed by atoms with Crippen LogP contribution in [-0.2, 0) is 12.8 Å². The lowest BCUT2D eigenvalue weighted by atomic mass is 9.88. The van der Waals surface area contributed by atoms with Crippen LogP contribution in [0.1, 0.15) is 51.4 Å². The van der Waals surface area contributed by atoms with Crippen molar-refractivity contribution < 1.29 is 4.79 Å². The molecule has 0 saturated carbocycles. The van der Waals surface area contributed by atoms with Gasteiger partial charge in [-0.15, -0.1) is 11.3 Å². The molecule has 0 unspecified atom stereocenters. The Kier molecular flexibility index (Phi) is 3.22. The lowest BCUT2D eigenvalue weighted by molar-refractivity contribution is 0.0935. The fourth-order valence-corrected chi connectivity index (χ4v) is 4.97. The van der Waals surface area contributed by atoms with Crippen LogP contribution in [0, 0.1) is 12.8 Å². The molecule has 0 spiro atoms. The molecule has 4 heteroatoms. The van der Waals surface area contributed by atoms with Gasteiger partial charge in [0.25, 0.3) is 5.91 Å². The molecule has 1 aliphatic heterocycles. The molecule has 2 heterocycles. The third-order valence-electron chi connectivity index (χ3n) is 4.79. The Hall–Kier alpha value is -1.81. The summed E-state index contributed by atoms with van der Waals surface area (Å²) in [6.45, 7) is 4.38. The first-order valence-electron chi connectivity index (χ1n) is 7.91. The molecule has 1 amide bonds. The van der Waals surface area contributed by atoms with E-state index in [1.54, 1.807) is 11.3 Å². The third kappa shape index (κ3) is 2.13. The number of nitrogens with one attached hydrogen (secondary N) is 2. The van der Waals surface area contributed by atoms with Crippen molar-refractivity contribution in [2.75, 3.05) is 5.32 Å². The number of carbonyl (C=O) groups is 1. The lowest BCUT2D eigenvalue weighted by Gasteiger charge is -2.28. The molecule has 0 radical (unpaired) electrons. The highest BCUT2D eigenvalue weighted by molar-refractivity contribution is 7.16. The third-order valence-corrected chi connectivity index (χ3v) is 5.97. The molecule has 4 rings (SSSR count). The Morgan fingerprint density at radius 1 is 1.23 bits per heavy atom. The van der Waals surface area contributed by atoms with E-state index >= 15 is 0 Å². The Morgan fingerprint density at radius 2 is 2.05 bits per heavy atom. The minimum Gasteiger partial charge on any atom is -0.353 e. The molecule has 0 saturated heterocycles. The van der Waals surface area contributed by atoms with Crippen LogP contribution in [0.4, 0.5) is 5.00 Å². The standard InChI is InChI=1S/C18H20N2OS/c1-10-7-8-13-14(9-10)22-18-15(13)17(21)19-16(20-18)12-6-4-3-5-11(12)2/h3-6,10,16,20H,7-9H2,1-2H3,(H,19,21)/t10-,16-/m0/s1. The molecular formula is C18H20N2OS. The molecule has 22 heavy (non-hydrogen) atoms. The van der Waals surface area contributed by atoms with Crippen molar-refractivity contribution in [1.82, 2.24) is 5.32 Å². The van der Waals surface area contributed by atoms with Gasteiger partial charge in [-0.25, -0.2) is 0 Å². The van der Waals surface area contributed by atoms with Crippen molar-refractivity contribution in [3.63, 3.8) is 0 Å². The highest BCUT2D eigenvalue weighted by Gasteiger charge is 2.33. The number of benzene rings is 1. The zero-order chi connectivity index (χ0) is 15.3. The molecule has 0 fully saturated rings. The first-order chi connectivity index (χ1) is 10.6. The number of fused-ring (bicyclic) bond motifs is 3. The molecule has 1 aromatic heterocycles.